The van der Waals surface area contributed by atoms with Gasteiger partial charge in [-0.15, -0.1) is 0 Å². The summed E-state index contributed by atoms with van der Waals surface area (Å²) < 4.78 is 49.4. The number of nitrogens with zero attached hydrogens (tertiary/aromatic N) is 1. The number of halogens is 4. The maximum atomic E-state index is 12.7. The topological polar surface area (TPSA) is 59.9 Å². The van der Waals surface area contributed by atoms with Crippen molar-refractivity contribution in [2.75, 3.05) is 14.2 Å². The lowest BCUT2D eigenvalue weighted by atomic mass is 10.1. The van der Waals surface area contributed by atoms with Crippen molar-refractivity contribution in [1.82, 2.24) is 5.43 Å². The Bertz CT molecular complexity index is 854. The van der Waals surface area contributed by atoms with Gasteiger partial charge in [-0.2, -0.15) is 18.3 Å². The van der Waals surface area contributed by atoms with Crippen molar-refractivity contribution in [3.63, 3.8) is 0 Å². The normalized spacial score (nSPS) is 11.5. The van der Waals surface area contributed by atoms with Gasteiger partial charge < -0.3 is 9.47 Å². The first-order chi connectivity index (χ1) is 12.7. The zero-order valence-electron chi connectivity index (χ0n) is 14.4. The highest BCUT2D eigenvalue weighted by Gasteiger charge is 2.30. The summed E-state index contributed by atoms with van der Waals surface area (Å²) in [5.74, 6) is 0.575. The van der Waals surface area contributed by atoms with Crippen molar-refractivity contribution < 1.29 is 27.4 Å². The Morgan fingerprint density at radius 1 is 1.22 bits per heavy atom. The molecular weight excluding hydrogens is 476 g/mol. The molecule has 0 radical (unpaired) electrons. The number of carbonyl (C=O) groups excluding carboxylic acids is 1. The summed E-state index contributed by atoms with van der Waals surface area (Å²) in [4.78, 5) is 11.9. The molecule has 2 aromatic carbocycles. The van der Waals surface area contributed by atoms with Crippen LogP contribution in [0.2, 0.25) is 0 Å². The summed E-state index contributed by atoms with van der Waals surface area (Å²) in [5, 5.41) is 3.83. The highest BCUT2D eigenvalue weighted by molar-refractivity contribution is 14.1. The second-order valence-electron chi connectivity index (χ2n) is 5.41. The Hall–Kier alpha value is -2.30. The van der Waals surface area contributed by atoms with Gasteiger partial charge in [-0.1, -0.05) is 18.2 Å². The average molecular weight is 492 g/mol. The first kappa shape index (κ1) is 21.0. The van der Waals surface area contributed by atoms with E-state index in [1.54, 1.807) is 12.1 Å². The van der Waals surface area contributed by atoms with Crippen molar-refractivity contribution in [1.29, 1.82) is 0 Å². The van der Waals surface area contributed by atoms with Crippen LogP contribution in [0.3, 0.4) is 0 Å². The first-order valence-electron chi connectivity index (χ1n) is 7.64. The van der Waals surface area contributed by atoms with Gasteiger partial charge in [0.25, 0.3) is 0 Å². The molecule has 0 unspecified atom stereocenters. The fourth-order valence-corrected chi connectivity index (χ4v) is 3.12. The van der Waals surface area contributed by atoms with E-state index in [1.165, 1.54) is 32.6 Å². The maximum absolute atomic E-state index is 12.7. The van der Waals surface area contributed by atoms with Crippen molar-refractivity contribution in [3.05, 3.63) is 56.7 Å². The van der Waals surface area contributed by atoms with Gasteiger partial charge in [0.05, 0.1) is 36.0 Å². The molecule has 0 aliphatic carbocycles. The molecule has 0 bridgehead atoms. The summed E-state index contributed by atoms with van der Waals surface area (Å²) in [7, 11) is 3.04. The number of alkyl halides is 3. The second-order valence-corrected chi connectivity index (χ2v) is 6.57. The third-order valence-electron chi connectivity index (χ3n) is 3.48. The Morgan fingerprint density at radius 2 is 1.96 bits per heavy atom. The molecule has 2 aromatic rings. The van der Waals surface area contributed by atoms with E-state index in [0.29, 0.717) is 17.1 Å². The van der Waals surface area contributed by atoms with Crippen LogP contribution < -0.4 is 14.9 Å². The standard InChI is InChI=1S/C18H16F3IN2O3/c1-26-15-8-12(7-14(22)17(15)27-2)10-23-24-16(25)9-11-4-3-5-13(6-11)18(19,20)21/h3-8,10H,9H2,1-2H3,(H,24,25)/b23-10-. The zero-order chi connectivity index (χ0) is 20.0. The number of carbonyl (C=O) groups is 1. The van der Waals surface area contributed by atoms with E-state index in [2.05, 4.69) is 33.1 Å². The molecule has 5 nitrogen and oxygen atoms in total. The average Bonchev–Trinajstić information content (AvgIpc) is 2.60. The van der Waals surface area contributed by atoms with Gasteiger partial charge in [0.15, 0.2) is 11.5 Å². The first-order valence-corrected chi connectivity index (χ1v) is 8.72. The molecule has 1 N–H and O–H groups in total. The van der Waals surface area contributed by atoms with E-state index >= 15 is 0 Å². The summed E-state index contributed by atoms with van der Waals surface area (Å²) in [6, 6.07) is 8.08. The molecule has 0 fully saturated rings. The monoisotopic (exact) mass is 492 g/mol. The minimum Gasteiger partial charge on any atom is -0.493 e. The van der Waals surface area contributed by atoms with Crippen LogP contribution in [-0.2, 0) is 17.4 Å². The predicted octanol–water partition coefficient (Wildman–Crippen LogP) is 4.02. The minimum atomic E-state index is -4.45. The molecule has 27 heavy (non-hydrogen) atoms. The summed E-state index contributed by atoms with van der Waals surface area (Å²) in [6.45, 7) is 0. The van der Waals surface area contributed by atoms with Gasteiger partial charge in [0.2, 0.25) is 5.91 Å². The highest BCUT2D eigenvalue weighted by atomic mass is 127. The highest BCUT2D eigenvalue weighted by Crippen LogP contribution is 2.33. The molecule has 0 aliphatic rings. The van der Waals surface area contributed by atoms with Gasteiger partial charge in [0.1, 0.15) is 0 Å². The molecule has 1 amide bonds. The Labute approximate surface area is 167 Å². The lowest BCUT2D eigenvalue weighted by Crippen LogP contribution is -2.20. The smallest absolute Gasteiger partial charge is 0.416 e. The van der Waals surface area contributed by atoms with Crippen LogP contribution in [-0.4, -0.2) is 26.3 Å². The van der Waals surface area contributed by atoms with Crippen LogP contribution in [0.5, 0.6) is 11.5 Å². The Kier molecular flexibility index (Phi) is 7.05. The molecule has 0 atom stereocenters. The lowest BCUT2D eigenvalue weighted by molar-refractivity contribution is -0.137. The fraction of sp³-hybridized carbons (Fsp3) is 0.222. The zero-order valence-corrected chi connectivity index (χ0v) is 16.6. The van der Waals surface area contributed by atoms with Crippen LogP contribution in [0, 0.1) is 3.57 Å². The van der Waals surface area contributed by atoms with E-state index in [9.17, 15) is 18.0 Å². The molecule has 144 valence electrons. The number of methoxy groups -OCH3 is 2. The number of amides is 1. The summed E-state index contributed by atoms with van der Waals surface area (Å²) in [6.07, 6.45) is -3.26. The van der Waals surface area contributed by atoms with Gasteiger partial charge in [-0.25, -0.2) is 5.43 Å². The maximum Gasteiger partial charge on any atom is 0.416 e. The van der Waals surface area contributed by atoms with E-state index in [1.807, 2.05) is 0 Å². The van der Waals surface area contributed by atoms with E-state index in [4.69, 9.17) is 9.47 Å². The van der Waals surface area contributed by atoms with Crippen LogP contribution in [0.1, 0.15) is 16.7 Å². The molecule has 0 spiro atoms. The van der Waals surface area contributed by atoms with Crippen LogP contribution in [0.15, 0.2) is 41.5 Å². The number of rotatable bonds is 6. The molecular formula is C18H16F3IN2O3. The van der Waals surface area contributed by atoms with Gasteiger partial charge in [-0.05, 0) is 51.9 Å². The molecule has 0 saturated carbocycles. The molecule has 0 saturated heterocycles. The Balaban J connectivity index is 2.03. The van der Waals surface area contributed by atoms with Crippen molar-refractivity contribution in [3.8, 4) is 11.5 Å². The van der Waals surface area contributed by atoms with Crippen molar-refractivity contribution >= 4 is 34.7 Å². The summed E-state index contributed by atoms with van der Waals surface area (Å²) >= 11 is 2.08. The van der Waals surface area contributed by atoms with Crippen molar-refractivity contribution in [2.24, 2.45) is 5.10 Å². The summed E-state index contributed by atoms with van der Waals surface area (Å²) in [5.41, 5.74) is 2.41. The van der Waals surface area contributed by atoms with Gasteiger partial charge in [-0.3, -0.25) is 4.79 Å². The molecule has 0 aliphatic heterocycles. The van der Waals surface area contributed by atoms with Gasteiger partial charge >= 0.3 is 6.18 Å². The number of hydrazone groups is 1. The second kappa shape index (κ2) is 9.07. The van der Waals surface area contributed by atoms with E-state index in [0.717, 1.165) is 15.7 Å². The van der Waals surface area contributed by atoms with E-state index in [-0.39, 0.29) is 12.0 Å². The Morgan fingerprint density at radius 3 is 2.59 bits per heavy atom. The lowest BCUT2D eigenvalue weighted by Gasteiger charge is -2.10. The fourth-order valence-electron chi connectivity index (χ4n) is 2.27. The molecule has 0 heterocycles. The number of hydrogen-bond donors (Lipinski definition) is 1. The largest absolute Gasteiger partial charge is 0.493 e. The quantitative estimate of drug-likeness (QED) is 0.377. The van der Waals surface area contributed by atoms with Crippen molar-refractivity contribution in [2.45, 2.75) is 12.6 Å². The number of ether oxygens (including phenoxy) is 2. The van der Waals surface area contributed by atoms with Crippen LogP contribution in [0.25, 0.3) is 0 Å². The predicted molar refractivity (Wildman–Crippen MR) is 103 cm³/mol. The third kappa shape index (κ3) is 5.84. The van der Waals surface area contributed by atoms with Gasteiger partial charge in [0, 0.05) is 0 Å². The number of benzene rings is 2. The minimum absolute atomic E-state index is 0.218. The van der Waals surface area contributed by atoms with E-state index < -0.39 is 17.6 Å². The molecule has 0 aromatic heterocycles. The third-order valence-corrected chi connectivity index (χ3v) is 4.28. The molecule has 2 rings (SSSR count). The van der Waals surface area contributed by atoms with Crippen LogP contribution >= 0.6 is 22.6 Å². The van der Waals surface area contributed by atoms with Crippen LogP contribution in [0.4, 0.5) is 13.2 Å². The SMILES string of the molecule is COc1cc(/C=N\NC(=O)Cc2cccc(C(F)(F)F)c2)cc(I)c1OC. The number of hydrogen-bond acceptors (Lipinski definition) is 4. The number of nitrogens with one attached hydrogen (secondary N) is 1. The molecule has 9 heteroatoms.